The highest BCUT2D eigenvalue weighted by Crippen LogP contribution is 2.28. The Morgan fingerprint density at radius 2 is 2.15 bits per heavy atom. The SMILES string of the molecule is C[C@H](N)c1ccc(Sc2nc(=O)c(=O)[nH]n2C)c(F)c1. The van der Waals surface area contributed by atoms with Gasteiger partial charge in [-0.3, -0.25) is 19.4 Å². The molecular formula is C12H13FN4O2S. The molecule has 106 valence electrons. The highest BCUT2D eigenvalue weighted by atomic mass is 32.2. The van der Waals surface area contributed by atoms with Gasteiger partial charge >= 0.3 is 11.1 Å². The molecule has 0 aliphatic rings. The zero-order valence-electron chi connectivity index (χ0n) is 10.9. The number of nitrogens with two attached hydrogens (primary N) is 1. The molecule has 0 unspecified atom stereocenters. The Morgan fingerprint density at radius 3 is 2.75 bits per heavy atom. The van der Waals surface area contributed by atoms with Crippen molar-refractivity contribution in [1.82, 2.24) is 14.8 Å². The lowest BCUT2D eigenvalue weighted by Crippen LogP contribution is -2.33. The molecule has 0 spiro atoms. The predicted molar refractivity (Wildman–Crippen MR) is 73.2 cm³/mol. The summed E-state index contributed by atoms with van der Waals surface area (Å²) in [6.07, 6.45) is 0. The van der Waals surface area contributed by atoms with E-state index < -0.39 is 16.9 Å². The van der Waals surface area contributed by atoms with Crippen molar-refractivity contribution in [2.45, 2.75) is 23.0 Å². The zero-order chi connectivity index (χ0) is 14.9. The molecule has 6 nitrogen and oxygen atoms in total. The van der Waals surface area contributed by atoms with Gasteiger partial charge in [-0.15, -0.1) is 0 Å². The Bertz CT molecular complexity index is 754. The van der Waals surface area contributed by atoms with Gasteiger partial charge in [0.15, 0.2) is 5.16 Å². The van der Waals surface area contributed by atoms with Crippen molar-refractivity contribution in [3.8, 4) is 0 Å². The minimum absolute atomic E-state index is 0.196. The number of aromatic amines is 1. The van der Waals surface area contributed by atoms with Crippen LogP contribution in [-0.4, -0.2) is 14.8 Å². The summed E-state index contributed by atoms with van der Waals surface area (Å²) in [5.41, 5.74) is 4.63. The Hall–Kier alpha value is -1.93. The first-order valence-corrected chi connectivity index (χ1v) is 6.60. The third-order valence-electron chi connectivity index (χ3n) is 2.63. The molecule has 20 heavy (non-hydrogen) atoms. The third kappa shape index (κ3) is 2.97. The van der Waals surface area contributed by atoms with Gasteiger partial charge in [0, 0.05) is 13.1 Å². The molecule has 1 aromatic heterocycles. The average molecular weight is 296 g/mol. The molecule has 0 aliphatic carbocycles. The Morgan fingerprint density at radius 1 is 1.45 bits per heavy atom. The van der Waals surface area contributed by atoms with E-state index >= 15 is 0 Å². The summed E-state index contributed by atoms with van der Waals surface area (Å²) in [5, 5.41) is 2.50. The van der Waals surface area contributed by atoms with Crippen LogP contribution in [0.25, 0.3) is 0 Å². The molecule has 2 rings (SSSR count). The second kappa shape index (κ2) is 5.59. The standard InChI is InChI=1S/C12H13FN4O2S/c1-6(14)7-3-4-9(8(13)5-7)20-12-15-10(18)11(19)16-17(12)2/h3-6H,14H2,1-2H3,(H,16,19)/t6-/m0/s1. The van der Waals surface area contributed by atoms with E-state index in [2.05, 4.69) is 10.1 Å². The largest absolute Gasteiger partial charge is 0.339 e. The van der Waals surface area contributed by atoms with Crippen LogP contribution < -0.4 is 16.9 Å². The van der Waals surface area contributed by atoms with Gasteiger partial charge in [-0.25, -0.2) is 4.39 Å². The molecule has 0 fully saturated rings. The van der Waals surface area contributed by atoms with Crippen LogP contribution in [0, 0.1) is 5.82 Å². The van der Waals surface area contributed by atoms with Crippen LogP contribution in [0.1, 0.15) is 18.5 Å². The number of hydrogen-bond acceptors (Lipinski definition) is 5. The summed E-state index contributed by atoms with van der Waals surface area (Å²) in [4.78, 5) is 26.2. The lowest BCUT2D eigenvalue weighted by molar-refractivity contribution is 0.585. The first kappa shape index (κ1) is 14.5. The average Bonchev–Trinajstić information content (AvgIpc) is 2.37. The maximum absolute atomic E-state index is 13.9. The molecule has 0 amide bonds. The summed E-state index contributed by atoms with van der Waals surface area (Å²) in [6, 6.07) is 4.35. The van der Waals surface area contributed by atoms with Gasteiger partial charge in [0.1, 0.15) is 5.82 Å². The number of nitrogens with one attached hydrogen (secondary N) is 1. The second-order valence-corrected chi connectivity index (χ2v) is 5.29. The van der Waals surface area contributed by atoms with E-state index in [-0.39, 0.29) is 11.2 Å². The highest BCUT2D eigenvalue weighted by Gasteiger charge is 2.11. The Kier molecular flexibility index (Phi) is 4.05. The van der Waals surface area contributed by atoms with Gasteiger partial charge in [0.2, 0.25) is 0 Å². The molecule has 0 saturated carbocycles. The molecule has 0 saturated heterocycles. The van der Waals surface area contributed by atoms with Crippen LogP contribution in [0.4, 0.5) is 4.39 Å². The van der Waals surface area contributed by atoms with Crippen molar-refractivity contribution in [3.05, 3.63) is 50.3 Å². The third-order valence-corrected chi connectivity index (χ3v) is 3.73. The number of aromatic nitrogens is 3. The molecule has 2 aromatic rings. The maximum atomic E-state index is 13.9. The number of halogens is 1. The van der Waals surface area contributed by atoms with E-state index in [0.717, 1.165) is 11.8 Å². The monoisotopic (exact) mass is 296 g/mol. The number of rotatable bonds is 3. The van der Waals surface area contributed by atoms with E-state index in [9.17, 15) is 14.0 Å². The summed E-state index contributed by atoms with van der Waals surface area (Å²) < 4.78 is 15.2. The lowest BCUT2D eigenvalue weighted by atomic mass is 10.1. The van der Waals surface area contributed by atoms with Crippen LogP contribution in [-0.2, 0) is 7.05 Å². The fourth-order valence-electron chi connectivity index (χ4n) is 1.53. The quantitative estimate of drug-likeness (QED) is 0.816. The van der Waals surface area contributed by atoms with Crippen LogP contribution in [0.5, 0.6) is 0 Å². The molecule has 0 aliphatic heterocycles. The van der Waals surface area contributed by atoms with Crippen molar-refractivity contribution >= 4 is 11.8 Å². The van der Waals surface area contributed by atoms with Crippen molar-refractivity contribution in [3.63, 3.8) is 0 Å². The Balaban J connectivity index is 2.38. The van der Waals surface area contributed by atoms with E-state index in [4.69, 9.17) is 5.73 Å². The van der Waals surface area contributed by atoms with Gasteiger partial charge < -0.3 is 5.73 Å². The summed E-state index contributed by atoms with van der Waals surface area (Å²) in [7, 11) is 1.52. The topological polar surface area (TPSA) is 93.8 Å². The van der Waals surface area contributed by atoms with E-state index in [1.807, 2.05) is 0 Å². The van der Waals surface area contributed by atoms with E-state index in [0.29, 0.717) is 10.5 Å². The van der Waals surface area contributed by atoms with Gasteiger partial charge in [0.05, 0.1) is 4.90 Å². The minimum Gasteiger partial charge on any atom is -0.324 e. The van der Waals surface area contributed by atoms with Gasteiger partial charge in [-0.1, -0.05) is 6.07 Å². The Labute approximate surface area is 117 Å². The number of nitrogens with zero attached hydrogens (tertiary/aromatic N) is 2. The summed E-state index contributed by atoms with van der Waals surface area (Å²) in [6.45, 7) is 1.76. The number of aryl methyl sites for hydroxylation is 1. The van der Waals surface area contributed by atoms with Crippen molar-refractivity contribution in [2.24, 2.45) is 12.8 Å². The fourth-order valence-corrected chi connectivity index (χ4v) is 2.33. The van der Waals surface area contributed by atoms with E-state index in [1.54, 1.807) is 19.1 Å². The fraction of sp³-hybridized carbons (Fsp3) is 0.250. The highest BCUT2D eigenvalue weighted by molar-refractivity contribution is 7.99. The molecular weight excluding hydrogens is 283 g/mol. The normalized spacial score (nSPS) is 12.4. The number of hydrogen-bond donors (Lipinski definition) is 2. The lowest BCUT2D eigenvalue weighted by Gasteiger charge is -2.09. The number of benzene rings is 1. The van der Waals surface area contributed by atoms with Crippen molar-refractivity contribution < 1.29 is 4.39 Å². The van der Waals surface area contributed by atoms with E-state index in [1.165, 1.54) is 17.8 Å². The van der Waals surface area contributed by atoms with Crippen molar-refractivity contribution in [2.75, 3.05) is 0 Å². The van der Waals surface area contributed by atoms with Crippen LogP contribution >= 0.6 is 11.8 Å². The smallest absolute Gasteiger partial charge is 0.324 e. The molecule has 0 bridgehead atoms. The van der Waals surface area contributed by atoms with Gasteiger partial charge in [-0.2, -0.15) is 4.98 Å². The summed E-state index contributed by atoms with van der Waals surface area (Å²) >= 11 is 0.950. The van der Waals surface area contributed by atoms with Crippen LogP contribution in [0.15, 0.2) is 37.8 Å². The molecule has 1 heterocycles. The van der Waals surface area contributed by atoms with Gasteiger partial charge in [-0.05, 0) is 36.4 Å². The predicted octanol–water partition coefficient (Wildman–Crippen LogP) is 0.779. The number of H-pyrrole nitrogens is 1. The maximum Gasteiger partial charge on any atom is 0.339 e. The minimum atomic E-state index is -0.904. The molecule has 3 N–H and O–H groups in total. The van der Waals surface area contributed by atoms with Crippen LogP contribution in [0.2, 0.25) is 0 Å². The molecule has 8 heteroatoms. The summed E-state index contributed by atoms with van der Waals surface area (Å²) in [5.74, 6) is -0.453. The van der Waals surface area contributed by atoms with Crippen molar-refractivity contribution in [1.29, 1.82) is 0 Å². The molecule has 1 aromatic carbocycles. The van der Waals surface area contributed by atoms with Gasteiger partial charge in [0.25, 0.3) is 0 Å². The molecule has 1 atom stereocenters. The second-order valence-electron chi connectivity index (χ2n) is 4.28. The first-order chi connectivity index (χ1) is 9.38. The zero-order valence-corrected chi connectivity index (χ0v) is 11.7. The first-order valence-electron chi connectivity index (χ1n) is 5.78. The molecule has 0 radical (unpaired) electrons. The van der Waals surface area contributed by atoms with Crippen LogP contribution in [0.3, 0.4) is 0 Å².